The number of nitrogens with zero attached hydrogens (tertiary/aromatic N) is 1. The van der Waals surface area contributed by atoms with Crippen molar-refractivity contribution in [3.8, 4) is 22.8 Å². The molecule has 1 aromatic carbocycles. The summed E-state index contributed by atoms with van der Waals surface area (Å²) in [5, 5.41) is 3.68. The molecule has 0 saturated heterocycles. The van der Waals surface area contributed by atoms with Gasteiger partial charge in [0, 0.05) is 12.1 Å². The lowest BCUT2D eigenvalue weighted by atomic mass is 10.1. The van der Waals surface area contributed by atoms with Crippen molar-refractivity contribution in [2.24, 2.45) is 0 Å². The van der Waals surface area contributed by atoms with E-state index in [0.29, 0.717) is 5.75 Å². The Morgan fingerprint density at radius 3 is 2.56 bits per heavy atom. The molecule has 1 aromatic heterocycles. The zero-order chi connectivity index (χ0) is 13.3. The van der Waals surface area contributed by atoms with Crippen molar-refractivity contribution in [2.75, 3.05) is 20.0 Å². The first-order chi connectivity index (χ1) is 8.58. The second-order valence-electron chi connectivity index (χ2n) is 3.40. The summed E-state index contributed by atoms with van der Waals surface area (Å²) >= 11 is 3.10. The van der Waals surface area contributed by atoms with Gasteiger partial charge in [-0.1, -0.05) is 5.16 Å². The Bertz CT molecular complexity index is 586. The third-order valence-corrected chi connectivity index (χ3v) is 2.92. The number of methoxy groups -OCH3 is 2. The van der Waals surface area contributed by atoms with E-state index in [4.69, 9.17) is 19.7 Å². The van der Waals surface area contributed by atoms with E-state index in [1.165, 1.54) is 26.4 Å². The zero-order valence-electron chi connectivity index (χ0n) is 9.66. The SMILES string of the molecule is COc1cc(Br)c(F)c(-c2cc(N)on2)c1OC. The number of nitrogens with two attached hydrogens (primary N) is 1. The maximum atomic E-state index is 14.2. The maximum Gasteiger partial charge on any atom is 0.222 e. The summed E-state index contributed by atoms with van der Waals surface area (Å²) < 4.78 is 29.4. The molecule has 0 unspecified atom stereocenters. The molecule has 0 radical (unpaired) electrons. The van der Waals surface area contributed by atoms with Crippen LogP contribution in [-0.2, 0) is 0 Å². The van der Waals surface area contributed by atoms with Crippen molar-refractivity contribution in [3.05, 3.63) is 22.4 Å². The summed E-state index contributed by atoms with van der Waals surface area (Å²) in [5.41, 5.74) is 5.80. The molecule has 18 heavy (non-hydrogen) atoms. The van der Waals surface area contributed by atoms with E-state index in [0.717, 1.165) is 0 Å². The Morgan fingerprint density at radius 2 is 2.06 bits per heavy atom. The van der Waals surface area contributed by atoms with Crippen molar-refractivity contribution >= 4 is 21.8 Å². The molecule has 0 aliphatic carbocycles. The van der Waals surface area contributed by atoms with E-state index in [-0.39, 0.29) is 27.4 Å². The van der Waals surface area contributed by atoms with Crippen LogP contribution in [0.4, 0.5) is 10.3 Å². The summed E-state index contributed by atoms with van der Waals surface area (Å²) in [6.07, 6.45) is 0. The van der Waals surface area contributed by atoms with Crippen LogP contribution < -0.4 is 15.2 Å². The number of nitrogen functional groups attached to an aromatic ring is 1. The lowest BCUT2D eigenvalue weighted by Crippen LogP contribution is -1.97. The molecule has 0 atom stereocenters. The van der Waals surface area contributed by atoms with Crippen LogP contribution >= 0.6 is 15.9 Å². The van der Waals surface area contributed by atoms with Gasteiger partial charge in [-0.3, -0.25) is 0 Å². The number of rotatable bonds is 3. The van der Waals surface area contributed by atoms with Gasteiger partial charge in [0.15, 0.2) is 17.3 Å². The fraction of sp³-hybridized carbons (Fsp3) is 0.182. The molecule has 0 fully saturated rings. The van der Waals surface area contributed by atoms with E-state index in [2.05, 4.69) is 21.1 Å². The average molecular weight is 317 g/mol. The molecule has 5 nitrogen and oxygen atoms in total. The van der Waals surface area contributed by atoms with Gasteiger partial charge in [-0.05, 0) is 15.9 Å². The summed E-state index contributed by atoms with van der Waals surface area (Å²) in [6, 6.07) is 2.88. The van der Waals surface area contributed by atoms with Crippen LogP contribution in [-0.4, -0.2) is 19.4 Å². The first-order valence-corrected chi connectivity index (χ1v) is 5.70. The second-order valence-corrected chi connectivity index (χ2v) is 4.25. The fourth-order valence-electron chi connectivity index (χ4n) is 1.58. The molecular weight excluding hydrogens is 307 g/mol. The number of hydrogen-bond donors (Lipinski definition) is 1. The van der Waals surface area contributed by atoms with Crippen LogP contribution in [0.5, 0.6) is 11.5 Å². The molecule has 7 heteroatoms. The van der Waals surface area contributed by atoms with Crippen molar-refractivity contribution in [1.82, 2.24) is 5.16 Å². The van der Waals surface area contributed by atoms with Gasteiger partial charge < -0.3 is 19.7 Å². The van der Waals surface area contributed by atoms with Gasteiger partial charge in [0.25, 0.3) is 0 Å². The molecule has 0 saturated carbocycles. The first kappa shape index (κ1) is 12.7. The van der Waals surface area contributed by atoms with Gasteiger partial charge in [-0.2, -0.15) is 0 Å². The highest BCUT2D eigenvalue weighted by Gasteiger charge is 2.22. The molecular formula is C11H10BrFN2O3. The highest BCUT2D eigenvalue weighted by molar-refractivity contribution is 9.10. The van der Waals surface area contributed by atoms with Crippen molar-refractivity contribution in [1.29, 1.82) is 0 Å². The summed E-state index contributed by atoms with van der Waals surface area (Å²) in [6.45, 7) is 0. The van der Waals surface area contributed by atoms with Gasteiger partial charge >= 0.3 is 0 Å². The third-order valence-electron chi connectivity index (χ3n) is 2.35. The van der Waals surface area contributed by atoms with Crippen molar-refractivity contribution < 1.29 is 18.4 Å². The molecule has 2 rings (SSSR count). The molecule has 0 aliphatic heterocycles. The predicted octanol–water partition coefficient (Wildman–Crippen LogP) is 2.84. The average Bonchev–Trinajstić information content (AvgIpc) is 2.78. The van der Waals surface area contributed by atoms with Crippen LogP contribution in [0.1, 0.15) is 0 Å². The molecule has 0 spiro atoms. The number of hydrogen-bond acceptors (Lipinski definition) is 5. The number of benzene rings is 1. The predicted molar refractivity (Wildman–Crippen MR) is 67.1 cm³/mol. The Morgan fingerprint density at radius 1 is 1.33 bits per heavy atom. The van der Waals surface area contributed by atoms with E-state index < -0.39 is 5.82 Å². The standard InChI is InChI=1S/C11H10BrFN2O3/c1-16-7-3-5(12)10(13)9(11(7)17-2)6-4-8(14)18-15-6/h3-4H,14H2,1-2H3. The van der Waals surface area contributed by atoms with Crippen molar-refractivity contribution in [2.45, 2.75) is 0 Å². The highest BCUT2D eigenvalue weighted by atomic mass is 79.9. The van der Waals surface area contributed by atoms with Gasteiger partial charge in [0.1, 0.15) is 5.69 Å². The number of aromatic nitrogens is 1. The number of halogens is 2. The summed E-state index contributed by atoms with van der Waals surface area (Å²) in [5.74, 6) is 0.167. The largest absolute Gasteiger partial charge is 0.493 e. The number of anilines is 1. The first-order valence-electron chi connectivity index (χ1n) is 4.91. The van der Waals surface area contributed by atoms with E-state index in [1.54, 1.807) is 0 Å². The lowest BCUT2D eigenvalue weighted by molar-refractivity contribution is 0.353. The van der Waals surface area contributed by atoms with E-state index in [1.807, 2.05) is 0 Å². The minimum Gasteiger partial charge on any atom is -0.493 e. The Kier molecular flexibility index (Phi) is 3.42. The zero-order valence-corrected chi connectivity index (χ0v) is 11.2. The summed E-state index contributed by atoms with van der Waals surface area (Å²) in [7, 11) is 2.88. The van der Waals surface area contributed by atoms with Crippen molar-refractivity contribution in [3.63, 3.8) is 0 Å². The molecule has 0 amide bonds. The third kappa shape index (κ3) is 2.01. The molecule has 2 N–H and O–H groups in total. The van der Waals surface area contributed by atoms with Gasteiger partial charge in [-0.25, -0.2) is 4.39 Å². The molecule has 96 valence electrons. The Balaban J connectivity index is 2.74. The van der Waals surface area contributed by atoms with Crippen LogP contribution in [0.25, 0.3) is 11.3 Å². The van der Waals surface area contributed by atoms with E-state index in [9.17, 15) is 4.39 Å². The van der Waals surface area contributed by atoms with Crippen LogP contribution in [0.2, 0.25) is 0 Å². The van der Waals surface area contributed by atoms with Gasteiger partial charge in [-0.15, -0.1) is 0 Å². The highest BCUT2D eigenvalue weighted by Crippen LogP contribution is 2.43. The normalized spacial score (nSPS) is 10.4. The number of ether oxygens (including phenoxy) is 2. The van der Waals surface area contributed by atoms with Crippen LogP contribution in [0.15, 0.2) is 21.1 Å². The van der Waals surface area contributed by atoms with E-state index >= 15 is 0 Å². The van der Waals surface area contributed by atoms with Gasteiger partial charge in [0.05, 0.1) is 24.3 Å². The minimum atomic E-state index is -0.527. The fourth-order valence-corrected chi connectivity index (χ4v) is 1.98. The molecule has 1 heterocycles. The van der Waals surface area contributed by atoms with Crippen LogP contribution in [0, 0.1) is 5.82 Å². The quantitative estimate of drug-likeness (QED) is 0.942. The van der Waals surface area contributed by atoms with Gasteiger partial charge in [0.2, 0.25) is 5.88 Å². The summed E-state index contributed by atoms with van der Waals surface area (Å²) in [4.78, 5) is 0. The smallest absolute Gasteiger partial charge is 0.222 e. The Hall–Kier alpha value is -1.76. The minimum absolute atomic E-state index is 0.0883. The monoisotopic (exact) mass is 316 g/mol. The molecule has 0 aliphatic rings. The lowest BCUT2D eigenvalue weighted by Gasteiger charge is -2.13. The molecule has 0 bridgehead atoms. The maximum absolute atomic E-state index is 14.2. The topological polar surface area (TPSA) is 70.5 Å². The Labute approximate surface area is 111 Å². The second kappa shape index (κ2) is 4.85. The molecule has 2 aromatic rings. The van der Waals surface area contributed by atoms with Crippen LogP contribution in [0.3, 0.4) is 0 Å².